The molecule has 0 aromatic heterocycles. The van der Waals surface area contributed by atoms with Gasteiger partial charge in [-0.2, -0.15) is 0 Å². The molecule has 2 unspecified atom stereocenters. The Bertz CT molecular complexity index is 1250. The van der Waals surface area contributed by atoms with Crippen molar-refractivity contribution in [2.75, 3.05) is 72.1 Å². The Balaban J connectivity index is 2.75. The van der Waals surface area contributed by atoms with Crippen LogP contribution in [0.2, 0.25) is 0 Å². The molecule has 306 valence electrons. The van der Waals surface area contributed by atoms with Crippen LogP contribution < -0.4 is 21.3 Å². The summed E-state index contributed by atoms with van der Waals surface area (Å²) in [5.74, 6) is -1.01. The van der Waals surface area contributed by atoms with Gasteiger partial charge in [-0.3, -0.25) is 48.9 Å². The number of benzene rings is 1. The highest BCUT2D eigenvalue weighted by Gasteiger charge is 2.27. The SMILES string of the molecule is NNC(=O)CCCCCCCCCCNCC(O)COc1ccc(CC(CN(CC(=O)O)CC(=O)O)N(CCN(CC(=O)O)CC(=O)O)CC(=O)O)cc1. The largest absolute Gasteiger partial charge is 0.491 e. The molecule has 0 saturated heterocycles. The number of ether oxygens (including phenoxy) is 1. The Morgan fingerprint density at radius 3 is 1.69 bits per heavy atom. The molecule has 0 heterocycles. The zero-order valence-corrected chi connectivity index (χ0v) is 30.8. The highest BCUT2D eigenvalue weighted by Crippen LogP contribution is 2.17. The molecule has 1 aromatic rings. The predicted octanol–water partition coefficient (Wildman–Crippen LogP) is -0.243. The molecule has 2 atom stereocenters. The van der Waals surface area contributed by atoms with Crippen molar-refractivity contribution in [2.45, 2.75) is 76.4 Å². The molecule has 0 saturated carbocycles. The van der Waals surface area contributed by atoms with Crippen LogP contribution in [0.5, 0.6) is 5.75 Å². The quantitative estimate of drug-likeness (QED) is 0.0189. The minimum Gasteiger partial charge on any atom is -0.491 e. The fourth-order valence-corrected chi connectivity index (χ4v) is 5.79. The second-order valence-electron chi connectivity index (χ2n) is 13.1. The number of rotatable bonds is 34. The summed E-state index contributed by atoms with van der Waals surface area (Å²) in [6.45, 7) is -2.40. The molecule has 54 heavy (non-hydrogen) atoms. The summed E-state index contributed by atoms with van der Waals surface area (Å²) in [6.07, 6.45) is 8.18. The Morgan fingerprint density at radius 1 is 0.667 bits per heavy atom. The highest BCUT2D eigenvalue weighted by atomic mass is 16.5. The molecule has 1 rings (SSSR count). The van der Waals surface area contributed by atoms with Crippen LogP contribution in [0.1, 0.15) is 63.4 Å². The van der Waals surface area contributed by atoms with Gasteiger partial charge >= 0.3 is 29.8 Å². The number of hydrogen-bond donors (Lipinski definition) is 9. The standard InChI is InChI=1S/C35H58N6O13/c36-38-30(43)9-7-5-3-1-2-4-6-8-14-37-18-28(42)25-54-29-12-10-26(11-13-29)17-27(19-40(22-33(48)49)23-34(50)51)41(24-35(52)53)16-15-39(20-31(44)45)21-32(46)47/h10-13,27-28,37,42H,1-9,14-25,36H2,(H,38,43)(H,44,45)(H,46,47)(H,48,49)(H,50,51)(H,52,53). The summed E-state index contributed by atoms with van der Waals surface area (Å²) in [5.41, 5.74) is 2.80. The van der Waals surface area contributed by atoms with Gasteiger partial charge in [-0.05, 0) is 43.5 Å². The Morgan fingerprint density at radius 2 is 1.17 bits per heavy atom. The van der Waals surface area contributed by atoms with Crippen LogP contribution in [-0.2, 0) is 35.2 Å². The molecular formula is C35H58N6O13. The van der Waals surface area contributed by atoms with E-state index < -0.39 is 74.7 Å². The van der Waals surface area contributed by atoms with E-state index in [2.05, 4.69) is 10.7 Å². The number of hydrogen-bond acceptors (Lipinski definition) is 13. The number of nitrogens with one attached hydrogen (secondary N) is 2. The molecule has 19 heteroatoms. The Kier molecular flexibility index (Phi) is 24.8. The van der Waals surface area contributed by atoms with Gasteiger partial charge in [0, 0.05) is 38.6 Å². The fourth-order valence-electron chi connectivity index (χ4n) is 5.79. The summed E-state index contributed by atoms with van der Waals surface area (Å²) in [5, 5.41) is 60.5. The number of carbonyl (C=O) groups is 6. The van der Waals surface area contributed by atoms with E-state index in [-0.39, 0.29) is 38.6 Å². The minimum atomic E-state index is -1.29. The number of nitrogens with zero attached hydrogens (tertiary/aromatic N) is 3. The number of carbonyl (C=O) groups excluding carboxylic acids is 1. The average Bonchev–Trinajstić information content (AvgIpc) is 3.08. The zero-order chi connectivity index (χ0) is 40.3. The lowest BCUT2D eigenvalue weighted by atomic mass is 10.0. The van der Waals surface area contributed by atoms with E-state index in [0.29, 0.717) is 24.3 Å². The van der Waals surface area contributed by atoms with E-state index in [0.717, 1.165) is 67.7 Å². The number of nitrogens with two attached hydrogens (primary N) is 1. The van der Waals surface area contributed by atoms with E-state index in [9.17, 15) is 59.4 Å². The van der Waals surface area contributed by atoms with Crippen LogP contribution in [0.4, 0.5) is 0 Å². The number of carboxylic acids is 5. The van der Waals surface area contributed by atoms with Gasteiger partial charge in [-0.15, -0.1) is 0 Å². The number of hydrazine groups is 1. The number of aliphatic carboxylic acids is 5. The number of aliphatic hydroxyl groups excluding tert-OH is 1. The van der Waals surface area contributed by atoms with E-state index in [1.165, 1.54) is 4.90 Å². The van der Waals surface area contributed by atoms with Gasteiger partial charge in [0.05, 0.1) is 32.7 Å². The number of unbranched alkanes of at least 4 members (excludes halogenated alkanes) is 7. The van der Waals surface area contributed by atoms with Gasteiger partial charge in [0.15, 0.2) is 0 Å². The lowest BCUT2D eigenvalue weighted by Crippen LogP contribution is -2.51. The van der Waals surface area contributed by atoms with Crippen LogP contribution in [-0.4, -0.2) is 165 Å². The third kappa shape index (κ3) is 24.8. The van der Waals surface area contributed by atoms with Crippen molar-refractivity contribution in [3.63, 3.8) is 0 Å². The Labute approximate surface area is 315 Å². The van der Waals surface area contributed by atoms with E-state index in [4.69, 9.17) is 10.6 Å². The maximum absolute atomic E-state index is 11.9. The van der Waals surface area contributed by atoms with Crippen molar-refractivity contribution in [1.29, 1.82) is 0 Å². The Hall–Kier alpha value is -4.40. The van der Waals surface area contributed by atoms with E-state index >= 15 is 0 Å². The molecule has 1 amide bonds. The van der Waals surface area contributed by atoms with Crippen molar-refractivity contribution in [3.05, 3.63) is 29.8 Å². The van der Waals surface area contributed by atoms with Crippen molar-refractivity contribution < 1.29 is 64.1 Å². The molecule has 0 spiro atoms. The van der Waals surface area contributed by atoms with Crippen molar-refractivity contribution in [1.82, 2.24) is 25.4 Å². The van der Waals surface area contributed by atoms with Crippen molar-refractivity contribution in [2.24, 2.45) is 5.84 Å². The van der Waals surface area contributed by atoms with Crippen LogP contribution >= 0.6 is 0 Å². The highest BCUT2D eigenvalue weighted by molar-refractivity contribution is 5.75. The second-order valence-corrected chi connectivity index (χ2v) is 13.1. The van der Waals surface area contributed by atoms with E-state index in [1.807, 2.05) is 0 Å². The van der Waals surface area contributed by atoms with Crippen LogP contribution in [0.15, 0.2) is 24.3 Å². The molecule has 0 radical (unpaired) electrons. The molecule has 19 nitrogen and oxygen atoms in total. The summed E-state index contributed by atoms with van der Waals surface area (Å²) < 4.78 is 5.73. The molecule has 0 aliphatic heterocycles. The molecular weight excluding hydrogens is 712 g/mol. The third-order valence-corrected chi connectivity index (χ3v) is 8.35. The monoisotopic (exact) mass is 770 g/mol. The summed E-state index contributed by atoms with van der Waals surface area (Å²) >= 11 is 0. The fraction of sp³-hybridized carbons (Fsp3) is 0.657. The van der Waals surface area contributed by atoms with Gasteiger partial charge in [0.2, 0.25) is 5.91 Å². The normalized spacial score (nSPS) is 12.5. The minimum absolute atomic E-state index is 0.0246. The lowest BCUT2D eigenvalue weighted by molar-refractivity contribution is -0.143. The first kappa shape index (κ1) is 47.6. The third-order valence-electron chi connectivity index (χ3n) is 8.35. The number of carboxylic acid groups (broad SMARTS) is 5. The van der Waals surface area contributed by atoms with Crippen LogP contribution in [0, 0.1) is 0 Å². The van der Waals surface area contributed by atoms with Crippen molar-refractivity contribution >= 4 is 35.8 Å². The second kappa shape index (κ2) is 28.1. The smallest absolute Gasteiger partial charge is 0.317 e. The first-order valence-electron chi connectivity index (χ1n) is 18.1. The molecule has 0 bridgehead atoms. The molecule has 0 aliphatic rings. The van der Waals surface area contributed by atoms with Crippen LogP contribution in [0.3, 0.4) is 0 Å². The molecule has 0 fully saturated rings. The summed E-state index contributed by atoms with van der Waals surface area (Å²) in [6, 6.07) is 5.92. The molecule has 10 N–H and O–H groups in total. The van der Waals surface area contributed by atoms with E-state index in [1.54, 1.807) is 24.3 Å². The maximum atomic E-state index is 11.9. The lowest BCUT2D eigenvalue weighted by Gasteiger charge is -2.35. The predicted molar refractivity (Wildman–Crippen MR) is 195 cm³/mol. The van der Waals surface area contributed by atoms with Gasteiger partial charge in [0.25, 0.3) is 0 Å². The summed E-state index contributed by atoms with van der Waals surface area (Å²) in [4.78, 5) is 72.3. The van der Waals surface area contributed by atoms with Crippen LogP contribution in [0.25, 0.3) is 0 Å². The zero-order valence-electron chi connectivity index (χ0n) is 30.8. The van der Waals surface area contributed by atoms with Gasteiger partial charge in [-0.1, -0.05) is 50.7 Å². The van der Waals surface area contributed by atoms with Crippen molar-refractivity contribution in [3.8, 4) is 5.75 Å². The average molecular weight is 771 g/mol. The van der Waals surface area contributed by atoms with Gasteiger partial charge in [0.1, 0.15) is 18.5 Å². The number of amides is 1. The van der Waals surface area contributed by atoms with Gasteiger partial charge < -0.3 is 40.7 Å². The topological polar surface area (TPSA) is 293 Å². The maximum Gasteiger partial charge on any atom is 0.317 e. The molecule has 0 aliphatic carbocycles. The first-order chi connectivity index (χ1) is 25.7. The first-order valence-corrected chi connectivity index (χ1v) is 18.1. The molecule has 1 aromatic carbocycles. The van der Waals surface area contributed by atoms with Gasteiger partial charge in [-0.25, -0.2) is 5.84 Å². The summed E-state index contributed by atoms with van der Waals surface area (Å²) in [7, 11) is 0. The number of aliphatic hydroxyl groups is 1.